The molecule has 1 aliphatic carbocycles. The van der Waals surface area contributed by atoms with Crippen molar-refractivity contribution in [1.82, 2.24) is 9.78 Å². The minimum Gasteiger partial charge on any atom is -0.381 e. The highest BCUT2D eigenvalue weighted by Gasteiger charge is 2.29. The maximum absolute atomic E-state index is 5.44. The molecule has 0 radical (unpaired) electrons. The summed E-state index contributed by atoms with van der Waals surface area (Å²) in [7, 11) is 2.00. The number of hydrogen-bond acceptors (Lipinski definition) is 3. The van der Waals surface area contributed by atoms with Crippen molar-refractivity contribution in [2.75, 3.05) is 18.4 Å². The van der Waals surface area contributed by atoms with E-state index in [1.54, 1.807) is 0 Å². The molecule has 4 nitrogen and oxygen atoms in total. The average Bonchev–Trinajstić information content (AvgIpc) is 2.88. The van der Waals surface area contributed by atoms with Crippen molar-refractivity contribution >= 4 is 5.69 Å². The number of nitrogens with two attached hydrogens (primary N) is 1. The van der Waals surface area contributed by atoms with E-state index in [0.29, 0.717) is 6.54 Å². The summed E-state index contributed by atoms with van der Waals surface area (Å²) in [6, 6.07) is 0. The monoisotopic (exact) mass is 180 g/mol. The first-order chi connectivity index (χ1) is 6.33. The SMILES string of the molecule is Cn1ncc(NCCN)c1C1CC1. The Kier molecular flexibility index (Phi) is 2.22. The summed E-state index contributed by atoms with van der Waals surface area (Å²) in [6.45, 7) is 1.49. The normalized spacial score (nSPS) is 16.2. The summed E-state index contributed by atoms with van der Waals surface area (Å²) in [4.78, 5) is 0. The van der Waals surface area contributed by atoms with E-state index in [4.69, 9.17) is 5.73 Å². The molecule has 1 saturated carbocycles. The van der Waals surface area contributed by atoms with Gasteiger partial charge >= 0.3 is 0 Å². The maximum atomic E-state index is 5.44. The van der Waals surface area contributed by atoms with Crippen molar-refractivity contribution in [2.24, 2.45) is 12.8 Å². The van der Waals surface area contributed by atoms with Crippen LogP contribution in [0.1, 0.15) is 24.5 Å². The summed E-state index contributed by atoms with van der Waals surface area (Å²) in [5, 5.41) is 7.54. The average molecular weight is 180 g/mol. The number of aryl methyl sites for hydroxylation is 1. The number of aromatic nitrogens is 2. The number of rotatable bonds is 4. The Bertz CT molecular complexity index is 288. The zero-order valence-corrected chi connectivity index (χ0v) is 7.95. The van der Waals surface area contributed by atoms with Crippen LogP contribution in [0.25, 0.3) is 0 Å². The van der Waals surface area contributed by atoms with Gasteiger partial charge in [-0.15, -0.1) is 0 Å². The van der Waals surface area contributed by atoms with Crippen molar-refractivity contribution in [3.05, 3.63) is 11.9 Å². The highest BCUT2D eigenvalue weighted by atomic mass is 15.3. The van der Waals surface area contributed by atoms with Crippen LogP contribution in [0.4, 0.5) is 5.69 Å². The highest BCUT2D eigenvalue weighted by Crippen LogP contribution is 2.42. The molecular formula is C9H16N4. The van der Waals surface area contributed by atoms with E-state index >= 15 is 0 Å². The van der Waals surface area contributed by atoms with Gasteiger partial charge in [0.2, 0.25) is 0 Å². The Labute approximate surface area is 78.1 Å². The largest absolute Gasteiger partial charge is 0.381 e. The van der Waals surface area contributed by atoms with Crippen LogP contribution in [0.3, 0.4) is 0 Å². The molecule has 0 amide bonds. The molecule has 0 bridgehead atoms. The van der Waals surface area contributed by atoms with Gasteiger partial charge in [-0.1, -0.05) is 0 Å². The molecule has 1 aliphatic rings. The molecule has 0 aliphatic heterocycles. The predicted octanol–water partition coefficient (Wildman–Crippen LogP) is 0.668. The molecule has 0 spiro atoms. The molecule has 0 saturated heterocycles. The third kappa shape index (κ3) is 1.67. The van der Waals surface area contributed by atoms with Gasteiger partial charge in [0.1, 0.15) is 0 Å². The topological polar surface area (TPSA) is 55.9 Å². The lowest BCUT2D eigenvalue weighted by atomic mass is 10.2. The van der Waals surface area contributed by atoms with Crippen LogP contribution in [0.15, 0.2) is 6.20 Å². The van der Waals surface area contributed by atoms with Gasteiger partial charge in [-0.25, -0.2) is 0 Å². The minimum absolute atomic E-state index is 0.666. The fraction of sp³-hybridized carbons (Fsp3) is 0.667. The maximum Gasteiger partial charge on any atom is 0.0762 e. The van der Waals surface area contributed by atoms with Crippen LogP contribution in [-0.2, 0) is 7.05 Å². The first-order valence-electron chi connectivity index (χ1n) is 4.78. The Morgan fingerprint density at radius 3 is 3.08 bits per heavy atom. The Morgan fingerprint density at radius 2 is 2.46 bits per heavy atom. The molecule has 0 unspecified atom stereocenters. The molecule has 3 N–H and O–H groups in total. The number of anilines is 1. The molecule has 1 aromatic heterocycles. The smallest absolute Gasteiger partial charge is 0.0762 e. The quantitative estimate of drug-likeness (QED) is 0.716. The molecule has 1 aromatic rings. The second kappa shape index (κ2) is 3.38. The standard InChI is InChI=1S/C9H16N4/c1-13-9(7-2-3-7)8(6-12-13)11-5-4-10/h6-7,11H,2-5,10H2,1H3. The van der Waals surface area contributed by atoms with Crippen LogP contribution < -0.4 is 11.1 Å². The van der Waals surface area contributed by atoms with E-state index in [1.807, 2.05) is 17.9 Å². The minimum atomic E-state index is 0.666. The summed E-state index contributed by atoms with van der Waals surface area (Å²) in [5.41, 5.74) is 7.94. The van der Waals surface area contributed by atoms with Crippen LogP contribution in [0, 0.1) is 0 Å². The molecule has 13 heavy (non-hydrogen) atoms. The van der Waals surface area contributed by atoms with E-state index in [-0.39, 0.29) is 0 Å². The highest BCUT2D eigenvalue weighted by molar-refractivity contribution is 5.49. The van der Waals surface area contributed by atoms with E-state index in [1.165, 1.54) is 18.5 Å². The van der Waals surface area contributed by atoms with E-state index in [2.05, 4.69) is 10.4 Å². The third-order valence-corrected chi connectivity index (χ3v) is 2.41. The van der Waals surface area contributed by atoms with Crippen LogP contribution in [-0.4, -0.2) is 22.9 Å². The van der Waals surface area contributed by atoms with Crippen molar-refractivity contribution in [2.45, 2.75) is 18.8 Å². The fourth-order valence-electron chi connectivity index (χ4n) is 1.63. The zero-order valence-electron chi connectivity index (χ0n) is 7.95. The lowest BCUT2D eigenvalue weighted by Crippen LogP contribution is -2.13. The Morgan fingerprint density at radius 1 is 1.69 bits per heavy atom. The zero-order chi connectivity index (χ0) is 9.26. The van der Waals surface area contributed by atoms with Crippen molar-refractivity contribution in [3.63, 3.8) is 0 Å². The third-order valence-electron chi connectivity index (χ3n) is 2.41. The van der Waals surface area contributed by atoms with Crippen LogP contribution in [0.5, 0.6) is 0 Å². The fourth-order valence-corrected chi connectivity index (χ4v) is 1.63. The lowest BCUT2D eigenvalue weighted by Gasteiger charge is -2.05. The summed E-state index contributed by atoms with van der Waals surface area (Å²) in [5.74, 6) is 0.729. The van der Waals surface area contributed by atoms with Gasteiger partial charge in [0, 0.05) is 26.1 Å². The molecule has 0 atom stereocenters. The van der Waals surface area contributed by atoms with Crippen molar-refractivity contribution < 1.29 is 0 Å². The van der Waals surface area contributed by atoms with Gasteiger partial charge in [0.25, 0.3) is 0 Å². The molecule has 2 rings (SSSR count). The molecule has 4 heteroatoms. The molecule has 1 fully saturated rings. The van der Waals surface area contributed by atoms with Gasteiger partial charge < -0.3 is 11.1 Å². The van der Waals surface area contributed by atoms with Crippen LogP contribution >= 0.6 is 0 Å². The Balaban J connectivity index is 2.13. The van der Waals surface area contributed by atoms with Gasteiger partial charge in [-0.2, -0.15) is 5.10 Å². The lowest BCUT2D eigenvalue weighted by molar-refractivity contribution is 0.714. The van der Waals surface area contributed by atoms with Gasteiger partial charge in [-0.3, -0.25) is 4.68 Å². The van der Waals surface area contributed by atoms with E-state index in [9.17, 15) is 0 Å². The second-order valence-corrected chi connectivity index (χ2v) is 3.56. The first-order valence-corrected chi connectivity index (χ1v) is 4.78. The molecule has 72 valence electrons. The Hall–Kier alpha value is -1.03. The molecule has 0 aromatic carbocycles. The van der Waals surface area contributed by atoms with Crippen molar-refractivity contribution in [1.29, 1.82) is 0 Å². The summed E-state index contributed by atoms with van der Waals surface area (Å²) in [6.07, 6.45) is 4.50. The first kappa shape index (κ1) is 8.56. The summed E-state index contributed by atoms with van der Waals surface area (Å²) >= 11 is 0. The number of hydrogen-bond donors (Lipinski definition) is 2. The van der Waals surface area contributed by atoms with Gasteiger partial charge in [0.15, 0.2) is 0 Å². The summed E-state index contributed by atoms with van der Waals surface area (Å²) < 4.78 is 1.97. The van der Waals surface area contributed by atoms with Crippen molar-refractivity contribution in [3.8, 4) is 0 Å². The molecule has 1 heterocycles. The number of nitrogens with one attached hydrogen (secondary N) is 1. The van der Waals surface area contributed by atoms with Crippen LogP contribution in [0.2, 0.25) is 0 Å². The van der Waals surface area contributed by atoms with Gasteiger partial charge in [-0.05, 0) is 12.8 Å². The predicted molar refractivity (Wildman–Crippen MR) is 52.7 cm³/mol. The molecular weight excluding hydrogens is 164 g/mol. The van der Waals surface area contributed by atoms with E-state index in [0.717, 1.165) is 18.2 Å². The van der Waals surface area contributed by atoms with Gasteiger partial charge in [0.05, 0.1) is 17.6 Å². The second-order valence-electron chi connectivity index (χ2n) is 3.56. The number of nitrogens with zero attached hydrogens (tertiary/aromatic N) is 2. The van der Waals surface area contributed by atoms with E-state index < -0.39 is 0 Å².